The van der Waals surface area contributed by atoms with E-state index in [4.69, 9.17) is 4.74 Å². The molecule has 0 atom stereocenters. The quantitative estimate of drug-likeness (QED) is 0.883. The molecule has 0 aliphatic carbocycles. The number of ether oxygens (including phenoxy) is 1. The molecule has 6 heteroatoms. The summed E-state index contributed by atoms with van der Waals surface area (Å²) in [6.45, 7) is 3.16. The second kappa shape index (κ2) is 6.47. The molecule has 1 heterocycles. The summed E-state index contributed by atoms with van der Waals surface area (Å²) in [7, 11) is 1.79. The third-order valence-electron chi connectivity index (χ3n) is 2.92. The van der Waals surface area contributed by atoms with E-state index in [1.807, 2.05) is 6.92 Å². The van der Waals surface area contributed by atoms with Gasteiger partial charge < -0.3 is 14.6 Å². The van der Waals surface area contributed by atoms with Crippen LogP contribution in [0, 0.1) is 11.6 Å². The van der Waals surface area contributed by atoms with E-state index >= 15 is 0 Å². The van der Waals surface area contributed by atoms with E-state index in [0.717, 1.165) is 12.2 Å². The third-order valence-corrected chi connectivity index (χ3v) is 2.92. The lowest BCUT2D eigenvalue weighted by atomic mass is 10.2. The van der Waals surface area contributed by atoms with E-state index in [1.165, 1.54) is 12.1 Å². The molecular formula is C14H17F2N3O. The molecule has 0 amide bonds. The van der Waals surface area contributed by atoms with E-state index in [9.17, 15) is 8.78 Å². The number of imidazole rings is 1. The van der Waals surface area contributed by atoms with E-state index in [1.54, 1.807) is 24.1 Å². The van der Waals surface area contributed by atoms with Crippen LogP contribution in [0.25, 0.3) is 0 Å². The van der Waals surface area contributed by atoms with Gasteiger partial charge in [-0.3, -0.25) is 0 Å². The number of aryl methyl sites for hydroxylation is 1. The Labute approximate surface area is 116 Å². The van der Waals surface area contributed by atoms with Gasteiger partial charge >= 0.3 is 0 Å². The number of nitrogens with zero attached hydrogens (tertiary/aromatic N) is 2. The average molecular weight is 281 g/mol. The lowest BCUT2D eigenvalue weighted by molar-refractivity contribution is 0.266. The number of hydrogen-bond acceptors (Lipinski definition) is 3. The number of rotatable bonds is 6. The fourth-order valence-corrected chi connectivity index (χ4v) is 1.79. The summed E-state index contributed by atoms with van der Waals surface area (Å²) in [6.07, 6.45) is 3.19. The van der Waals surface area contributed by atoms with Gasteiger partial charge in [-0.05, 0) is 24.2 Å². The van der Waals surface area contributed by atoms with Crippen molar-refractivity contribution in [2.75, 3.05) is 6.54 Å². The highest BCUT2D eigenvalue weighted by Gasteiger charge is 2.13. The Morgan fingerprint density at radius 3 is 2.55 bits per heavy atom. The molecule has 2 rings (SSSR count). The van der Waals surface area contributed by atoms with Crippen LogP contribution in [0.2, 0.25) is 0 Å². The summed E-state index contributed by atoms with van der Waals surface area (Å²) in [6, 6.07) is 2.56. The van der Waals surface area contributed by atoms with Gasteiger partial charge in [-0.15, -0.1) is 0 Å². The van der Waals surface area contributed by atoms with Crippen molar-refractivity contribution in [3.63, 3.8) is 0 Å². The lowest BCUT2D eigenvalue weighted by Gasteiger charge is -2.10. The topological polar surface area (TPSA) is 39.1 Å². The van der Waals surface area contributed by atoms with Gasteiger partial charge in [0, 0.05) is 13.6 Å². The van der Waals surface area contributed by atoms with Crippen molar-refractivity contribution in [3.05, 3.63) is 47.5 Å². The van der Waals surface area contributed by atoms with Gasteiger partial charge in [0.25, 0.3) is 0 Å². The van der Waals surface area contributed by atoms with Crippen LogP contribution in [0.3, 0.4) is 0 Å². The van der Waals surface area contributed by atoms with Gasteiger partial charge in [0.1, 0.15) is 6.61 Å². The van der Waals surface area contributed by atoms with Crippen LogP contribution in [-0.2, 0) is 20.2 Å². The summed E-state index contributed by atoms with van der Waals surface area (Å²) < 4.78 is 34.7. The molecule has 0 bridgehead atoms. The largest absolute Gasteiger partial charge is 0.481 e. The molecule has 0 saturated carbocycles. The second-order valence-corrected chi connectivity index (χ2v) is 4.45. The minimum atomic E-state index is -0.694. The van der Waals surface area contributed by atoms with E-state index in [-0.39, 0.29) is 12.4 Å². The highest BCUT2D eigenvalue weighted by atomic mass is 19.1. The van der Waals surface area contributed by atoms with Crippen molar-refractivity contribution in [3.8, 4) is 5.75 Å². The first-order valence-corrected chi connectivity index (χ1v) is 6.38. The number of nitrogens with one attached hydrogen (secondary N) is 1. The molecule has 0 aliphatic heterocycles. The van der Waals surface area contributed by atoms with Gasteiger partial charge in [0.05, 0.1) is 18.2 Å². The molecule has 2 aromatic rings. The molecule has 0 aliphatic rings. The maximum absolute atomic E-state index is 13.9. The smallest absolute Gasteiger partial charge is 0.191 e. The zero-order valence-electron chi connectivity index (χ0n) is 11.5. The normalized spacial score (nSPS) is 10.8. The summed E-state index contributed by atoms with van der Waals surface area (Å²) in [4.78, 5) is 3.91. The number of halogens is 2. The zero-order valence-corrected chi connectivity index (χ0v) is 11.5. The molecule has 0 spiro atoms. The Morgan fingerprint density at radius 1 is 1.30 bits per heavy atom. The van der Waals surface area contributed by atoms with Crippen LogP contribution < -0.4 is 10.1 Å². The Bertz CT molecular complexity index is 561. The van der Waals surface area contributed by atoms with Crippen molar-refractivity contribution in [1.82, 2.24) is 14.9 Å². The molecule has 0 fully saturated rings. The standard InChI is InChI=1S/C14H17F2N3O/c1-3-17-6-10-4-12(15)14(13(16)5-10)20-8-11-7-18-9-19(11)2/h4-5,7,9,17H,3,6,8H2,1-2H3. The first-order chi connectivity index (χ1) is 9.61. The highest BCUT2D eigenvalue weighted by molar-refractivity contribution is 5.31. The van der Waals surface area contributed by atoms with Crippen LogP contribution in [0.15, 0.2) is 24.7 Å². The average Bonchev–Trinajstić information content (AvgIpc) is 2.81. The van der Waals surface area contributed by atoms with Crippen molar-refractivity contribution < 1.29 is 13.5 Å². The maximum atomic E-state index is 13.9. The predicted molar refractivity (Wildman–Crippen MR) is 71.3 cm³/mol. The SMILES string of the molecule is CCNCc1cc(F)c(OCc2cncn2C)c(F)c1. The third kappa shape index (κ3) is 3.33. The van der Waals surface area contributed by atoms with Crippen LogP contribution >= 0.6 is 0 Å². The van der Waals surface area contributed by atoms with Gasteiger partial charge in [-0.2, -0.15) is 0 Å². The van der Waals surface area contributed by atoms with Gasteiger partial charge in [0.2, 0.25) is 0 Å². The zero-order chi connectivity index (χ0) is 14.5. The molecule has 0 saturated heterocycles. The number of aromatic nitrogens is 2. The Kier molecular flexibility index (Phi) is 4.68. The highest BCUT2D eigenvalue weighted by Crippen LogP contribution is 2.24. The first kappa shape index (κ1) is 14.5. The molecule has 1 aromatic heterocycles. The lowest BCUT2D eigenvalue weighted by Crippen LogP contribution is -2.12. The number of hydrogen-bond donors (Lipinski definition) is 1. The van der Waals surface area contributed by atoms with Crippen LogP contribution in [0.4, 0.5) is 8.78 Å². The van der Waals surface area contributed by atoms with Crippen LogP contribution in [0.1, 0.15) is 18.2 Å². The van der Waals surface area contributed by atoms with E-state index < -0.39 is 11.6 Å². The Balaban J connectivity index is 2.10. The second-order valence-electron chi connectivity index (χ2n) is 4.45. The van der Waals surface area contributed by atoms with Crippen molar-refractivity contribution in [2.45, 2.75) is 20.1 Å². The first-order valence-electron chi connectivity index (χ1n) is 6.38. The van der Waals surface area contributed by atoms with Crippen molar-refractivity contribution in [1.29, 1.82) is 0 Å². The maximum Gasteiger partial charge on any atom is 0.191 e. The summed E-state index contributed by atoms with van der Waals surface area (Å²) in [5.74, 6) is -1.74. The monoisotopic (exact) mass is 281 g/mol. The van der Waals surface area contributed by atoms with Gasteiger partial charge in [-0.25, -0.2) is 13.8 Å². The van der Waals surface area contributed by atoms with E-state index in [0.29, 0.717) is 12.1 Å². The summed E-state index contributed by atoms with van der Waals surface area (Å²) in [5.41, 5.74) is 1.29. The van der Waals surface area contributed by atoms with Crippen molar-refractivity contribution in [2.24, 2.45) is 7.05 Å². The Morgan fingerprint density at radius 2 is 2.00 bits per heavy atom. The summed E-state index contributed by atoms with van der Waals surface area (Å²) in [5, 5.41) is 3.01. The molecule has 1 N–H and O–H groups in total. The summed E-state index contributed by atoms with van der Waals surface area (Å²) >= 11 is 0. The minimum absolute atomic E-state index is 0.0664. The van der Waals surface area contributed by atoms with Gasteiger partial charge in [0.15, 0.2) is 17.4 Å². The van der Waals surface area contributed by atoms with Crippen molar-refractivity contribution >= 4 is 0 Å². The molecular weight excluding hydrogens is 264 g/mol. The molecule has 4 nitrogen and oxygen atoms in total. The fourth-order valence-electron chi connectivity index (χ4n) is 1.79. The molecule has 0 unspecified atom stereocenters. The van der Waals surface area contributed by atoms with Gasteiger partial charge in [-0.1, -0.05) is 6.92 Å². The Hall–Kier alpha value is -1.95. The van der Waals surface area contributed by atoms with Crippen LogP contribution in [0.5, 0.6) is 5.75 Å². The van der Waals surface area contributed by atoms with E-state index in [2.05, 4.69) is 10.3 Å². The minimum Gasteiger partial charge on any atom is -0.481 e. The fraction of sp³-hybridized carbons (Fsp3) is 0.357. The number of benzene rings is 1. The molecule has 20 heavy (non-hydrogen) atoms. The predicted octanol–water partition coefficient (Wildman–Crippen LogP) is 2.39. The molecule has 0 radical (unpaired) electrons. The van der Waals surface area contributed by atoms with Crippen LogP contribution in [-0.4, -0.2) is 16.1 Å². The molecule has 1 aromatic carbocycles. The molecule has 108 valence electrons.